The van der Waals surface area contributed by atoms with E-state index >= 15 is 0 Å². The van der Waals surface area contributed by atoms with E-state index in [4.69, 9.17) is 4.74 Å². The lowest BCUT2D eigenvalue weighted by Crippen LogP contribution is -2.00. The van der Waals surface area contributed by atoms with Gasteiger partial charge in [0.05, 0.1) is 6.61 Å². The number of carbonyl (C=O) groups excluding carboxylic acids is 1. The first kappa shape index (κ1) is 8.23. The van der Waals surface area contributed by atoms with Gasteiger partial charge in [-0.25, -0.2) is 4.98 Å². The fourth-order valence-corrected chi connectivity index (χ4v) is 1.03. The van der Waals surface area contributed by atoms with Gasteiger partial charge in [-0.3, -0.25) is 4.79 Å². The third-order valence-corrected chi connectivity index (χ3v) is 2.06. The predicted molar refractivity (Wildman–Crippen MR) is 47.8 cm³/mol. The molecule has 0 aliphatic heterocycles. The van der Waals surface area contributed by atoms with Gasteiger partial charge in [-0.1, -0.05) is 0 Å². The Balaban J connectivity index is 1.91. The quantitative estimate of drug-likeness (QED) is 0.657. The Kier molecular flexibility index (Phi) is 2.25. The van der Waals surface area contributed by atoms with Gasteiger partial charge in [-0.15, -0.1) is 0 Å². The molecule has 0 aromatic carbocycles. The van der Waals surface area contributed by atoms with Gasteiger partial charge in [0.15, 0.2) is 6.29 Å². The van der Waals surface area contributed by atoms with E-state index in [9.17, 15) is 4.79 Å². The second-order valence-electron chi connectivity index (χ2n) is 3.30. The van der Waals surface area contributed by atoms with Crippen molar-refractivity contribution in [1.82, 2.24) is 4.98 Å². The molecule has 0 N–H and O–H groups in total. The number of ether oxygens (including phenoxy) is 1. The van der Waals surface area contributed by atoms with E-state index in [1.165, 1.54) is 19.0 Å². The van der Waals surface area contributed by atoms with Crippen molar-refractivity contribution in [2.45, 2.75) is 12.8 Å². The topological polar surface area (TPSA) is 39.2 Å². The Labute approximate surface area is 76.7 Å². The Morgan fingerprint density at radius 2 is 2.38 bits per heavy atom. The van der Waals surface area contributed by atoms with Crippen LogP contribution in [0.2, 0.25) is 0 Å². The highest BCUT2D eigenvalue weighted by molar-refractivity contribution is 5.73. The van der Waals surface area contributed by atoms with E-state index in [2.05, 4.69) is 4.98 Å². The first-order valence-corrected chi connectivity index (χ1v) is 4.42. The molecule has 1 saturated carbocycles. The molecule has 1 aromatic rings. The highest BCUT2D eigenvalue weighted by Gasteiger charge is 2.21. The normalized spacial score (nSPS) is 15.4. The molecular formula is C10H11NO2. The number of nitrogens with zero attached hydrogens (tertiary/aromatic N) is 1. The molecule has 1 aliphatic carbocycles. The van der Waals surface area contributed by atoms with Crippen molar-refractivity contribution in [2.75, 3.05) is 6.61 Å². The Morgan fingerprint density at radius 1 is 1.54 bits per heavy atom. The summed E-state index contributed by atoms with van der Waals surface area (Å²) in [5.74, 6) is 1.34. The average molecular weight is 177 g/mol. The van der Waals surface area contributed by atoms with Gasteiger partial charge in [0.2, 0.25) is 5.88 Å². The van der Waals surface area contributed by atoms with Crippen LogP contribution in [-0.4, -0.2) is 17.9 Å². The summed E-state index contributed by atoms with van der Waals surface area (Å²) in [6.45, 7) is 0.757. The van der Waals surface area contributed by atoms with Crippen molar-refractivity contribution in [3.8, 4) is 5.88 Å². The Morgan fingerprint density at radius 3 is 2.92 bits per heavy atom. The van der Waals surface area contributed by atoms with Crippen molar-refractivity contribution in [2.24, 2.45) is 5.92 Å². The molecule has 0 atom stereocenters. The molecular weight excluding hydrogens is 166 g/mol. The minimum absolute atomic E-state index is 0.582. The van der Waals surface area contributed by atoms with Crippen molar-refractivity contribution < 1.29 is 9.53 Å². The highest BCUT2D eigenvalue weighted by atomic mass is 16.5. The van der Waals surface area contributed by atoms with Gasteiger partial charge in [-0.2, -0.15) is 0 Å². The SMILES string of the molecule is O=Cc1ccc(OCC2CC2)nc1. The molecule has 2 rings (SSSR count). The molecule has 0 radical (unpaired) electrons. The maximum absolute atomic E-state index is 10.3. The molecule has 68 valence electrons. The number of aldehydes is 1. The second-order valence-corrected chi connectivity index (χ2v) is 3.30. The fourth-order valence-electron chi connectivity index (χ4n) is 1.03. The maximum Gasteiger partial charge on any atom is 0.213 e. The predicted octanol–water partition coefficient (Wildman–Crippen LogP) is 1.68. The number of aromatic nitrogens is 1. The van der Waals surface area contributed by atoms with Gasteiger partial charge < -0.3 is 4.74 Å². The lowest BCUT2D eigenvalue weighted by molar-refractivity contribution is 0.112. The largest absolute Gasteiger partial charge is 0.477 e. The lowest BCUT2D eigenvalue weighted by Gasteiger charge is -2.02. The third kappa shape index (κ3) is 2.28. The monoisotopic (exact) mass is 177 g/mol. The summed E-state index contributed by atoms with van der Waals surface area (Å²) < 4.78 is 5.40. The first-order chi connectivity index (χ1) is 6.38. The first-order valence-electron chi connectivity index (χ1n) is 4.42. The van der Waals surface area contributed by atoms with Crippen LogP contribution in [0.5, 0.6) is 5.88 Å². The van der Waals surface area contributed by atoms with Crippen molar-refractivity contribution >= 4 is 6.29 Å². The Bertz CT molecular complexity index is 290. The standard InChI is InChI=1S/C10H11NO2/c12-6-9-3-4-10(11-5-9)13-7-8-1-2-8/h3-6,8H,1-2,7H2. The average Bonchev–Trinajstić information content (AvgIpc) is 2.99. The molecule has 0 saturated heterocycles. The molecule has 1 fully saturated rings. The van der Waals surface area contributed by atoms with Crippen molar-refractivity contribution in [1.29, 1.82) is 0 Å². The molecule has 3 nitrogen and oxygen atoms in total. The fraction of sp³-hybridized carbons (Fsp3) is 0.400. The van der Waals surface area contributed by atoms with Crippen LogP contribution in [0.1, 0.15) is 23.2 Å². The minimum atomic E-state index is 0.582. The van der Waals surface area contributed by atoms with Crippen LogP contribution in [0, 0.1) is 5.92 Å². The molecule has 1 aliphatic rings. The number of rotatable bonds is 4. The smallest absolute Gasteiger partial charge is 0.213 e. The van der Waals surface area contributed by atoms with Crippen LogP contribution in [0.15, 0.2) is 18.3 Å². The zero-order valence-electron chi connectivity index (χ0n) is 7.27. The minimum Gasteiger partial charge on any atom is -0.477 e. The second kappa shape index (κ2) is 3.56. The van der Waals surface area contributed by atoms with Crippen LogP contribution in [0.3, 0.4) is 0 Å². The molecule has 3 heteroatoms. The van der Waals surface area contributed by atoms with E-state index in [1.807, 2.05) is 0 Å². The summed E-state index contributed by atoms with van der Waals surface area (Å²) in [5, 5.41) is 0. The number of pyridine rings is 1. The van der Waals surface area contributed by atoms with E-state index in [-0.39, 0.29) is 0 Å². The molecule has 0 spiro atoms. The number of carbonyl (C=O) groups is 1. The Hall–Kier alpha value is -1.38. The molecule has 1 heterocycles. The van der Waals surface area contributed by atoms with Crippen LogP contribution < -0.4 is 4.74 Å². The highest BCUT2D eigenvalue weighted by Crippen LogP contribution is 2.29. The van der Waals surface area contributed by atoms with Crippen LogP contribution in [0.4, 0.5) is 0 Å². The van der Waals surface area contributed by atoms with Gasteiger partial charge in [-0.05, 0) is 24.8 Å². The summed E-state index contributed by atoms with van der Waals surface area (Å²) in [6.07, 6.45) is 4.84. The van der Waals surface area contributed by atoms with E-state index in [0.29, 0.717) is 11.4 Å². The van der Waals surface area contributed by atoms with Crippen LogP contribution >= 0.6 is 0 Å². The molecule has 0 amide bonds. The molecule has 0 unspecified atom stereocenters. The van der Waals surface area contributed by atoms with Crippen LogP contribution in [-0.2, 0) is 0 Å². The van der Waals surface area contributed by atoms with Gasteiger partial charge in [0.25, 0.3) is 0 Å². The summed E-state index contributed by atoms with van der Waals surface area (Å²) in [5.41, 5.74) is 0.582. The third-order valence-electron chi connectivity index (χ3n) is 2.06. The van der Waals surface area contributed by atoms with E-state index in [0.717, 1.165) is 18.8 Å². The van der Waals surface area contributed by atoms with E-state index < -0.39 is 0 Å². The zero-order valence-corrected chi connectivity index (χ0v) is 7.27. The molecule has 1 aromatic heterocycles. The van der Waals surface area contributed by atoms with Crippen molar-refractivity contribution in [3.05, 3.63) is 23.9 Å². The number of hydrogen-bond acceptors (Lipinski definition) is 3. The number of hydrogen-bond donors (Lipinski definition) is 0. The summed E-state index contributed by atoms with van der Waals surface area (Å²) in [4.78, 5) is 14.3. The molecule has 0 bridgehead atoms. The van der Waals surface area contributed by atoms with E-state index in [1.54, 1.807) is 12.1 Å². The lowest BCUT2D eigenvalue weighted by atomic mass is 10.3. The van der Waals surface area contributed by atoms with Crippen LogP contribution in [0.25, 0.3) is 0 Å². The zero-order chi connectivity index (χ0) is 9.10. The van der Waals surface area contributed by atoms with Gasteiger partial charge >= 0.3 is 0 Å². The molecule has 13 heavy (non-hydrogen) atoms. The van der Waals surface area contributed by atoms with Crippen molar-refractivity contribution in [3.63, 3.8) is 0 Å². The summed E-state index contributed by atoms with van der Waals surface area (Å²) >= 11 is 0. The summed E-state index contributed by atoms with van der Waals surface area (Å²) in [6, 6.07) is 3.44. The van der Waals surface area contributed by atoms with Gasteiger partial charge in [0.1, 0.15) is 0 Å². The van der Waals surface area contributed by atoms with Gasteiger partial charge in [0, 0.05) is 17.8 Å². The summed E-state index contributed by atoms with van der Waals surface area (Å²) in [7, 11) is 0. The maximum atomic E-state index is 10.3.